The van der Waals surface area contributed by atoms with Crippen molar-refractivity contribution in [1.29, 1.82) is 0 Å². The van der Waals surface area contributed by atoms with Gasteiger partial charge in [0.2, 0.25) is 5.95 Å². The van der Waals surface area contributed by atoms with Crippen LogP contribution in [0.2, 0.25) is 0 Å². The van der Waals surface area contributed by atoms with E-state index in [4.69, 9.17) is 5.73 Å². The average Bonchev–Trinajstić information content (AvgIpc) is 2.44. The molecule has 0 aliphatic carbocycles. The van der Waals surface area contributed by atoms with Crippen molar-refractivity contribution >= 4 is 11.8 Å². The van der Waals surface area contributed by atoms with Crippen molar-refractivity contribution in [2.45, 2.75) is 6.54 Å². The van der Waals surface area contributed by atoms with Gasteiger partial charge in [0, 0.05) is 38.2 Å². The molecule has 2 rings (SSSR count). The van der Waals surface area contributed by atoms with Crippen LogP contribution in [0, 0.1) is 0 Å². The SMILES string of the molecule is NCCNc1nccc(NCc2cccnc2)n1. The van der Waals surface area contributed by atoms with Crippen molar-refractivity contribution in [3.63, 3.8) is 0 Å². The summed E-state index contributed by atoms with van der Waals surface area (Å²) in [6, 6.07) is 5.74. The summed E-state index contributed by atoms with van der Waals surface area (Å²) in [6.07, 6.45) is 5.28. The maximum atomic E-state index is 5.41. The van der Waals surface area contributed by atoms with E-state index in [2.05, 4.69) is 25.6 Å². The molecule has 0 aliphatic heterocycles. The molecule has 0 fully saturated rings. The van der Waals surface area contributed by atoms with Crippen LogP contribution in [0.4, 0.5) is 11.8 Å². The van der Waals surface area contributed by atoms with Crippen molar-refractivity contribution in [1.82, 2.24) is 15.0 Å². The fourth-order valence-electron chi connectivity index (χ4n) is 1.42. The number of hydrogen-bond acceptors (Lipinski definition) is 6. The van der Waals surface area contributed by atoms with E-state index in [1.54, 1.807) is 12.4 Å². The molecule has 6 heteroatoms. The maximum Gasteiger partial charge on any atom is 0.224 e. The van der Waals surface area contributed by atoms with Gasteiger partial charge in [-0.3, -0.25) is 4.98 Å². The van der Waals surface area contributed by atoms with Crippen molar-refractivity contribution in [3.8, 4) is 0 Å². The highest BCUT2D eigenvalue weighted by molar-refractivity contribution is 5.40. The zero-order chi connectivity index (χ0) is 12.6. The third-order valence-corrected chi connectivity index (χ3v) is 2.28. The number of nitrogens with two attached hydrogens (primary N) is 1. The topological polar surface area (TPSA) is 88.8 Å². The van der Waals surface area contributed by atoms with E-state index in [0.717, 1.165) is 11.4 Å². The van der Waals surface area contributed by atoms with Crippen LogP contribution in [0.15, 0.2) is 36.8 Å². The Balaban J connectivity index is 1.93. The molecule has 4 N–H and O–H groups in total. The smallest absolute Gasteiger partial charge is 0.224 e. The minimum Gasteiger partial charge on any atom is -0.366 e. The van der Waals surface area contributed by atoms with Gasteiger partial charge in [-0.2, -0.15) is 4.98 Å². The Labute approximate surface area is 106 Å². The summed E-state index contributed by atoms with van der Waals surface area (Å²) in [6.45, 7) is 1.89. The highest BCUT2D eigenvalue weighted by atomic mass is 15.1. The van der Waals surface area contributed by atoms with Crippen LogP contribution < -0.4 is 16.4 Å². The molecule has 0 aliphatic rings. The fraction of sp³-hybridized carbons (Fsp3) is 0.250. The average molecular weight is 244 g/mol. The Bertz CT molecular complexity index is 473. The van der Waals surface area contributed by atoms with E-state index in [9.17, 15) is 0 Å². The summed E-state index contributed by atoms with van der Waals surface area (Å²) in [5.41, 5.74) is 6.51. The number of aromatic nitrogens is 3. The van der Waals surface area contributed by atoms with E-state index in [-0.39, 0.29) is 0 Å². The van der Waals surface area contributed by atoms with E-state index >= 15 is 0 Å². The zero-order valence-electron chi connectivity index (χ0n) is 10.0. The quantitative estimate of drug-likeness (QED) is 0.698. The Morgan fingerprint density at radius 1 is 1.17 bits per heavy atom. The number of pyridine rings is 1. The number of anilines is 2. The van der Waals surface area contributed by atoms with Gasteiger partial charge in [0.1, 0.15) is 5.82 Å². The lowest BCUT2D eigenvalue weighted by molar-refractivity contribution is 0.984. The van der Waals surface area contributed by atoms with Crippen molar-refractivity contribution in [2.75, 3.05) is 23.7 Å². The Morgan fingerprint density at radius 3 is 2.89 bits per heavy atom. The van der Waals surface area contributed by atoms with Crippen molar-refractivity contribution < 1.29 is 0 Å². The number of rotatable bonds is 6. The summed E-state index contributed by atoms with van der Waals surface area (Å²) in [7, 11) is 0. The lowest BCUT2D eigenvalue weighted by atomic mass is 10.3. The first kappa shape index (κ1) is 12.3. The van der Waals surface area contributed by atoms with Gasteiger partial charge < -0.3 is 16.4 Å². The second-order valence-electron chi connectivity index (χ2n) is 3.70. The largest absolute Gasteiger partial charge is 0.366 e. The summed E-state index contributed by atoms with van der Waals surface area (Å²) in [4.78, 5) is 12.5. The van der Waals surface area contributed by atoms with Crippen LogP contribution in [0.3, 0.4) is 0 Å². The van der Waals surface area contributed by atoms with Crippen LogP contribution in [0.1, 0.15) is 5.56 Å². The van der Waals surface area contributed by atoms with E-state index in [0.29, 0.717) is 25.6 Å². The molecular formula is C12H16N6. The lowest BCUT2D eigenvalue weighted by Gasteiger charge is -2.07. The number of hydrogen-bond donors (Lipinski definition) is 3. The van der Waals surface area contributed by atoms with Crippen LogP contribution in [0.5, 0.6) is 0 Å². The summed E-state index contributed by atoms with van der Waals surface area (Å²) >= 11 is 0. The van der Waals surface area contributed by atoms with Crippen LogP contribution in [-0.2, 0) is 6.54 Å². The Hall–Kier alpha value is -2.21. The fourth-order valence-corrected chi connectivity index (χ4v) is 1.42. The number of nitrogens with zero attached hydrogens (tertiary/aromatic N) is 3. The van der Waals surface area contributed by atoms with E-state index in [1.807, 2.05) is 24.4 Å². The Morgan fingerprint density at radius 2 is 2.11 bits per heavy atom. The van der Waals surface area contributed by atoms with Crippen LogP contribution >= 0.6 is 0 Å². The summed E-state index contributed by atoms with van der Waals surface area (Å²) in [5.74, 6) is 1.35. The molecule has 18 heavy (non-hydrogen) atoms. The van der Waals surface area contributed by atoms with Gasteiger partial charge in [-0.1, -0.05) is 6.07 Å². The predicted molar refractivity (Wildman–Crippen MR) is 71.1 cm³/mol. The molecule has 6 nitrogen and oxygen atoms in total. The minimum absolute atomic E-state index is 0.552. The molecule has 0 bridgehead atoms. The molecule has 0 saturated carbocycles. The predicted octanol–water partition coefficient (Wildman–Crippen LogP) is 0.854. The molecule has 0 atom stereocenters. The first-order chi connectivity index (χ1) is 8.88. The molecule has 94 valence electrons. The first-order valence-corrected chi connectivity index (χ1v) is 5.78. The molecule has 0 radical (unpaired) electrons. The molecule has 0 aromatic carbocycles. The van der Waals surface area contributed by atoms with Crippen molar-refractivity contribution in [3.05, 3.63) is 42.4 Å². The Kier molecular flexibility index (Phi) is 4.43. The van der Waals surface area contributed by atoms with E-state index < -0.39 is 0 Å². The maximum absolute atomic E-state index is 5.41. The molecule has 0 saturated heterocycles. The van der Waals surface area contributed by atoms with Gasteiger partial charge in [0.15, 0.2) is 0 Å². The van der Waals surface area contributed by atoms with Crippen molar-refractivity contribution in [2.24, 2.45) is 5.73 Å². The zero-order valence-corrected chi connectivity index (χ0v) is 10.0. The second kappa shape index (κ2) is 6.51. The van der Waals surface area contributed by atoms with Gasteiger partial charge in [-0.15, -0.1) is 0 Å². The first-order valence-electron chi connectivity index (χ1n) is 5.78. The highest BCUT2D eigenvalue weighted by Crippen LogP contribution is 2.07. The van der Waals surface area contributed by atoms with Crippen LogP contribution in [0.25, 0.3) is 0 Å². The lowest BCUT2D eigenvalue weighted by Crippen LogP contribution is -2.15. The van der Waals surface area contributed by atoms with E-state index in [1.165, 1.54) is 0 Å². The second-order valence-corrected chi connectivity index (χ2v) is 3.70. The van der Waals surface area contributed by atoms with Gasteiger partial charge in [0.25, 0.3) is 0 Å². The van der Waals surface area contributed by atoms with Gasteiger partial charge in [0.05, 0.1) is 0 Å². The molecule has 0 unspecified atom stereocenters. The highest BCUT2D eigenvalue weighted by Gasteiger charge is 1.98. The van der Waals surface area contributed by atoms with Gasteiger partial charge >= 0.3 is 0 Å². The molecule has 2 aromatic rings. The summed E-state index contributed by atoms with van der Waals surface area (Å²) < 4.78 is 0. The molecule has 0 spiro atoms. The van der Waals surface area contributed by atoms with Crippen LogP contribution in [-0.4, -0.2) is 28.0 Å². The number of nitrogens with one attached hydrogen (secondary N) is 2. The molecule has 2 heterocycles. The van der Waals surface area contributed by atoms with Gasteiger partial charge in [-0.05, 0) is 17.7 Å². The minimum atomic E-state index is 0.552. The normalized spacial score (nSPS) is 10.1. The third-order valence-electron chi connectivity index (χ3n) is 2.28. The van der Waals surface area contributed by atoms with Gasteiger partial charge in [-0.25, -0.2) is 4.98 Å². The molecule has 0 amide bonds. The monoisotopic (exact) mass is 244 g/mol. The summed E-state index contributed by atoms with van der Waals surface area (Å²) in [5, 5.41) is 6.25. The standard InChI is InChI=1S/C12H16N6/c13-4-7-16-12-15-6-3-11(18-12)17-9-10-2-1-5-14-8-10/h1-3,5-6,8H,4,7,9,13H2,(H2,15,16,17,18). The molecule has 2 aromatic heterocycles. The molecular weight excluding hydrogens is 228 g/mol. The third kappa shape index (κ3) is 3.67.